The largest absolute Gasteiger partial charge is 0.507 e. The first kappa shape index (κ1) is 28.6. The molecule has 1 aromatic heterocycles. The van der Waals surface area contributed by atoms with Gasteiger partial charge in [0.1, 0.15) is 10.5 Å². The molecule has 0 fully saturated rings. The zero-order chi connectivity index (χ0) is 30.4. The van der Waals surface area contributed by atoms with Gasteiger partial charge in [0.25, 0.3) is 5.01 Å². The number of para-hydroxylation sites is 2. The van der Waals surface area contributed by atoms with Gasteiger partial charge in [0.2, 0.25) is 5.52 Å². The van der Waals surface area contributed by atoms with E-state index in [-0.39, 0.29) is 22.9 Å². The van der Waals surface area contributed by atoms with E-state index in [4.69, 9.17) is 0 Å². The zero-order valence-corrected chi connectivity index (χ0v) is 26.4. The number of thiazole rings is 1. The quantitative estimate of drug-likeness (QED) is 0.150. The van der Waals surface area contributed by atoms with Crippen molar-refractivity contribution in [2.75, 3.05) is 11.4 Å². The predicted molar refractivity (Wildman–Crippen MR) is 180 cm³/mol. The van der Waals surface area contributed by atoms with Gasteiger partial charge in [0.05, 0.1) is 16.3 Å². The molecule has 5 nitrogen and oxygen atoms in total. The second-order valence-electron chi connectivity index (χ2n) is 11.2. The van der Waals surface area contributed by atoms with E-state index in [0.29, 0.717) is 27.8 Å². The lowest BCUT2D eigenvalue weighted by molar-refractivity contribution is -0.669. The molecule has 3 aromatic carbocycles. The molecule has 0 saturated carbocycles. The van der Waals surface area contributed by atoms with Crippen LogP contribution >= 0.6 is 23.1 Å². The maximum absolute atomic E-state index is 14.1. The van der Waals surface area contributed by atoms with Crippen LogP contribution in [-0.4, -0.2) is 23.2 Å². The maximum atomic E-state index is 14.1. The Morgan fingerprint density at radius 3 is 2.34 bits per heavy atom. The van der Waals surface area contributed by atoms with Crippen molar-refractivity contribution in [2.45, 2.75) is 51.0 Å². The van der Waals surface area contributed by atoms with Crippen molar-refractivity contribution in [3.05, 3.63) is 122 Å². The van der Waals surface area contributed by atoms with Crippen molar-refractivity contribution in [3.63, 3.8) is 0 Å². The highest BCUT2D eigenvalue weighted by molar-refractivity contribution is 8.03. The summed E-state index contributed by atoms with van der Waals surface area (Å²) in [5.41, 5.74) is 4.93. The number of Topliss-reactive ketones (excluding diaryl/α,β-unsaturated/α-hetero) is 2. The summed E-state index contributed by atoms with van der Waals surface area (Å²) in [5, 5.41) is 13.4. The third kappa shape index (κ3) is 4.66. The number of carbonyl (C=O) groups is 2. The average Bonchev–Trinajstić information content (AvgIpc) is 3.67. The minimum atomic E-state index is -0.247. The van der Waals surface area contributed by atoms with Crippen LogP contribution in [0.3, 0.4) is 0 Å². The number of nitrogens with zero attached hydrogens (tertiary/aromatic N) is 2. The van der Waals surface area contributed by atoms with Crippen LogP contribution in [-0.2, 0) is 11.3 Å². The van der Waals surface area contributed by atoms with Gasteiger partial charge in [-0.2, -0.15) is 4.57 Å². The van der Waals surface area contributed by atoms with E-state index in [1.165, 1.54) is 0 Å². The van der Waals surface area contributed by atoms with Crippen LogP contribution in [0.15, 0.2) is 111 Å². The third-order valence-electron chi connectivity index (χ3n) is 8.45. The first-order valence-electron chi connectivity index (χ1n) is 15.3. The fourth-order valence-electron chi connectivity index (χ4n) is 6.16. The summed E-state index contributed by atoms with van der Waals surface area (Å²) in [6.45, 7) is 6.02. The number of thioether (sulfide) groups is 1. The Morgan fingerprint density at radius 1 is 0.818 bits per heavy atom. The number of allylic oxidation sites excluding steroid dienone is 5. The molecule has 0 spiro atoms. The number of ketones is 2. The van der Waals surface area contributed by atoms with Crippen LogP contribution < -0.4 is 9.47 Å². The molecule has 2 aliphatic carbocycles. The van der Waals surface area contributed by atoms with Crippen molar-refractivity contribution in [1.29, 1.82) is 0 Å². The molecule has 1 N–H and O–H groups in total. The topological polar surface area (TPSA) is 61.5 Å². The van der Waals surface area contributed by atoms with E-state index in [0.717, 1.165) is 69.6 Å². The van der Waals surface area contributed by atoms with Crippen molar-refractivity contribution >= 4 is 62.4 Å². The van der Waals surface area contributed by atoms with Crippen molar-refractivity contribution in [2.24, 2.45) is 0 Å². The Balaban J connectivity index is 1.41. The highest BCUT2D eigenvalue weighted by atomic mass is 32.2. The molecule has 44 heavy (non-hydrogen) atoms. The molecule has 3 aliphatic rings. The summed E-state index contributed by atoms with van der Waals surface area (Å²) >= 11 is 3.29. The third-order valence-corrected chi connectivity index (χ3v) is 10.7. The summed E-state index contributed by atoms with van der Waals surface area (Å²) in [7, 11) is 0. The number of benzene rings is 3. The Hall–Kier alpha value is -4.20. The number of aromatic nitrogens is 1. The van der Waals surface area contributed by atoms with E-state index >= 15 is 0 Å². The van der Waals surface area contributed by atoms with Gasteiger partial charge in [-0.25, -0.2) is 0 Å². The van der Waals surface area contributed by atoms with Crippen LogP contribution in [0.2, 0.25) is 0 Å². The number of aliphatic hydroxyl groups is 1. The van der Waals surface area contributed by atoms with Crippen molar-refractivity contribution in [3.8, 4) is 0 Å². The summed E-state index contributed by atoms with van der Waals surface area (Å²) in [6.07, 6.45) is 8.00. The van der Waals surface area contributed by atoms with E-state index in [1.54, 1.807) is 41.3 Å². The molecule has 4 aromatic rings. The molecular formula is C37H33N2O3S2+. The second-order valence-corrected chi connectivity index (χ2v) is 13.4. The number of rotatable bonds is 9. The number of fused-ring (bicyclic) bond motifs is 3. The summed E-state index contributed by atoms with van der Waals surface area (Å²) in [4.78, 5) is 31.4. The molecule has 0 radical (unpaired) electrons. The van der Waals surface area contributed by atoms with Crippen LogP contribution in [0.25, 0.3) is 22.1 Å². The Kier molecular flexibility index (Phi) is 7.60. The number of anilines is 1. The second kappa shape index (κ2) is 11.7. The Labute approximate surface area is 265 Å². The van der Waals surface area contributed by atoms with Gasteiger partial charge in [-0.05, 0) is 30.7 Å². The highest BCUT2D eigenvalue weighted by Gasteiger charge is 2.43. The fourth-order valence-corrected chi connectivity index (χ4v) is 8.42. The molecule has 0 unspecified atom stereocenters. The lowest BCUT2D eigenvalue weighted by Crippen LogP contribution is -2.35. The van der Waals surface area contributed by atoms with Crippen LogP contribution in [0.5, 0.6) is 0 Å². The molecule has 0 amide bonds. The molecule has 1 aliphatic heterocycles. The smallest absolute Gasteiger partial charge is 0.263 e. The summed E-state index contributed by atoms with van der Waals surface area (Å²) in [6, 6.07) is 23.7. The van der Waals surface area contributed by atoms with E-state index in [1.807, 2.05) is 42.5 Å². The van der Waals surface area contributed by atoms with E-state index in [9.17, 15) is 14.7 Å². The number of hydrogen-bond acceptors (Lipinski definition) is 6. The zero-order valence-electron chi connectivity index (χ0n) is 24.8. The SMILES string of the molecule is CCCCN1C(=CC2=C(C3=C(O)c4ccccc4C3=O)C(=Cc3sc4ccccc4[n+]3CCCC)C2=O)Sc2ccccc21. The first-order valence-corrected chi connectivity index (χ1v) is 16.9. The highest BCUT2D eigenvalue weighted by Crippen LogP contribution is 2.50. The predicted octanol–water partition coefficient (Wildman–Crippen LogP) is 8.67. The van der Waals surface area contributed by atoms with E-state index in [2.05, 4.69) is 47.6 Å². The number of aryl methyl sites for hydroxylation is 1. The van der Waals surface area contributed by atoms with E-state index < -0.39 is 0 Å². The van der Waals surface area contributed by atoms with Crippen molar-refractivity contribution in [1.82, 2.24) is 0 Å². The van der Waals surface area contributed by atoms with Crippen molar-refractivity contribution < 1.29 is 19.3 Å². The molecule has 0 bridgehead atoms. The minimum Gasteiger partial charge on any atom is -0.507 e. The van der Waals surface area contributed by atoms with Gasteiger partial charge in [-0.1, -0.05) is 98.3 Å². The number of carbonyl (C=O) groups excluding carboxylic acids is 2. The van der Waals surface area contributed by atoms with Crippen LogP contribution in [0.4, 0.5) is 5.69 Å². The molecule has 0 atom stereocenters. The van der Waals surface area contributed by atoms with Crippen LogP contribution in [0, 0.1) is 0 Å². The Bertz CT molecular complexity index is 1980. The maximum Gasteiger partial charge on any atom is 0.263 e. The molecule has 2 heterocycles. The monoisotopic (exact) mass is 617 g/mol. The van der Waals surface area contributed by atoms with Crippen LogP contribution in [0.1, 0.15) is 60.5 Å². The standard InChI is InChI=1S/C37H32N2O3S2/c1-3-5-19-38-27-15-9-11-17-29(27)43-31(38)21-25-33(34-36(41)23-13-7-8-14-24(23)37(34)42)26(35(25)40)22-32-39(20-6-4-2)28-16-10-12-18-30(28)44-32/h7-18,21-22H,3-6,19-20H2,1-2H3/p+1. The molecule has 7 heteroatoms. The Morgan fingerprint density at radius 2 is 1.55 bits per heavy atom. The number of unbranched alkanes of at least 4 members (excludes halogenated alkanes) is 2. The number of aliphatic hydroxyl groups excluding tert-OH is 1. The normalized spacial score (nSPS) is 17.8. The summed E-state index contributed by atoms with van der Waals surface area (Å²) < 4.78 is 3.42. The van der Waals surface area contributed by atoms with Gasteiger partial charge >= 0.3 is 0 Å². The first-order chi connectivity index (χ1) is 21.5. The van der Waals surface area contributed by atoms with Gasteiger partial charge < -0.3 is 10.0 Å². The fraction of sp³-hybridized carbons (Fsp3) is 0.216. The number of hydrogen-bond donors (Lipinski definition) is 1. The van der Waals surface area contributed by atoms with Gasteiger partial charge in [-0.15, -0.1) is 0 Å². The average molecular weight is 618 g/mol. The lowest BCUT2D eigenvalue weighted by Gasteiger charge is -2.26. The summed E-state index contributed by atoms with van der Waals surface area (Å²) in [5.74, 6) is -0.416. The molecule has 220 valence electrons. The minimum absolute atomic E-state index is 0.0599. The van der Waals surface area contributed by atoms with Gasteiger partial charge in [0.15, 0.2) is 18.1 Å². The van der Waals surface area contributed by atoms with Gasteiger partial charge in [0, 0.05) is 57.8 Å². The molecule has 0 saturated heterocycles. The molecular weight excluding hydrogens is 585 g/mol. The lowest BCUT2D eigenvalue weighted by atomic mass is 9.76. The van der Waals surface area contributed by atoms with Gasteiger partial charge in [-0.3, -0.25) is 9.59 Å². The molecule has 7 rings (SSSR count).